The van der Waals surface area contributed by atoms with Crippen LogP contribution in [0.4, 0.5) is 4.79 Å². The van der Waals surface area contributed by atoms with Crippen molar-refractivity contribution >= 4 is 12.1 Å². The van der Waals surface area contributed by atoms with Crippen LogP contribution in [0.2, 0.25) is 0 Å². The van der Waals surface area contributed by atoms with Gasteiger partial charge in [0.25, 0.3) is 0 Å². The zero-order valence-electron chi connectivity index (χ0n) is 12.8. The monoisotopic (exact) mass is 283 g/mol. The molecule has 1 aliphatic rings. The topological polar surface area (TPSA) is 55.8 Å². The van der Waals surface area contributed by atoms with E-state index in [0.717, 1.165) is 12.8 Å². The second-order valence-corrected chi connectivity index (χ2v) is 6.04. The van der Waals surface area contributed by atoms with Crippen molar-refractivity contribution in [2.45, 2.75) is 51.7 Å². The minimum Gasteiger partial charge on any atom is -0.469 e. The Balaban J connectivity index is 2.83. The molecular formula is C15H25NO4. The van der Waals surface area contributed by atoms with Gasteiger partial charge >= 0.3 is 12.1 Å². The van der Waals surface area contributed by atoms with Crippen LogP contribution in [0, 0.1) is 5.92 Å². The summed E-state index contributed by atoms with van der Waals surface area (Å²) in [7, 11) is 1.37. The molecule has 0 aliphatic carbocycles. The molecule has 114 valence electrons. The summed E-state index contributed by atoms with van der Waals surface area (Å²) in [5.74, 6) is -0.669. The molecule has 0 N–H and O–H groups in total. The van der Waals surface area contributed by atoms with Gasteiger partial charge in [-0.2, -0.15) is 0 Å². The molecule has 0 spiro atoms. The van der Waals surface area contributed by atoms with Crippen LogP contribution in [0.15, 0.2) is 12.7 Å². The third kappa shape index (κ3) is 4.25. The number of esters is 1. The molecule has 1 fully saturated rings. The predicted molar refractivity (Wildman–Crippen MR) is 76.3 cm³/mol. The van der Waals surface area contributed by atoms with Crippen molar-refractivity contribution in [1.82, 2.24) is 4.90 Å². The van der Waals surface area contributed by atoms with E-state index in [4.69, 9.17) is 9.47 Å². The van der Waals surface area contributed by atoms with Crippen molar-refractivity contribution in [3.05, 3.63) is 12.7 Å². The number of carbonyl (C=O) groups excluding carboxylic acids is 2. The number of nitrogens with zero attached hydrogens (tertiary/aromatic N) is 1. The molecule has 0 saturated carbocycles. The molecule has 5 heteroatoms. The maximum atomic E-state index is 12.2. The van der Waals surface area contributed by atoms with Crippen LogP contribution in [0.25, 0.3) is 0 Å². The Hall–Kier alpha value is -1.52. The Morgan fingerprint density at radius 3 is 2.60 bits per heavy atom. The highest BCUT2D eigenvalue weighted by Crippen LogP contribution is 2.29. The van der Waals surface area contributed by atoms with Crippen LogP contribution in [0.3, 0.4) is 0 Å². The molecule has 1 amide bonds. The summed E-state index contributed by atoms with van der Waals surface area (Å²) < 4.78 is 10.2. The molecule has 1 saturated heterocycles. The fraction of sp³-hybridized carbons (Fsp3) is 0.733. The summed E-state index contributed by atoms with van der Waals surface area (Å²) in [4.78, 5) is 25.8. The van der Waals surface area contributed by atoms with Crippen LogP contribution in [-0.2, 0) is 14.3 Å². The molecule has 1 heterocycles. The van der Waals surface area contributed by atoms with Crippen LogP contribution in [0.5, 0.6) is 0 Å². The van der Waals surface area contributed by atoms with E-state index in [1.54, 1.807) is 11.0 Å². The largest absolute Gasteiger partial charge is 0.469 e. The number of carbonyl (C=O) groups is 2. The Labute approximate surface area is 120 Å². The molecule has 0 aromatic heterocycles. The van der Waals surface area contributed by atoms with Gasteiger partial charge in [-0.15, -0.1) is 6.58 Å². The van der Waals surface area contributed by atoms with E-state index in [0.29, 0.717) is 13.0 Å². The van der Waals surface area contributed by atoms with Gasteiger partial charge in [-0.1, -0.05) is 6.08 Å². The quantitative estimate of drug-likeness (QED) is 0.588. The molecule has 0 unspecified atom stereocenters. The molecule has 1 rings (SSSR count). The molecular weight excluding hydrogens is 258 g/mol. The molecule has 2 atom stereocenters. The van der Waals surface area contributed by atoms with E-state index < -0.39 is 5.60 Å². The number of methoxy groups -OCH3 is 1. The molecule has 20 heavy (non-hydrogen) atoms. The van der Waals surface area contributed by atoms with Gasteiger partial charge in [0.05, 0.1) is 13.0 Å². The lowest BCUT2D eigenvalue weighted by Gasteiger charge is -2.31. The average molecular weight is 283 g/mol. The molecule has 0 bridgehead atoms. The van der Waals surface area contributed by atoms with E-state index in [9.17, 15) is 9.59 Å². The number of amides is 1. The van der Waals surface area contributed by atoms with Crippen molar-refractivity contribution < 1.29 is 19.1 Å². The summed E-state index contributed by atoms with van der Waals surface area (Å²) in [6, 6.07) is -0.171. The third-order valence-electron chi connectivity index (χ3n) is 3.32. The van der Waals surface area contributed by atoms with Crippen LogP contribution >= 0.6 is 0 Å². The van der Waals surface area contributed by atoms with Crippen LogP contribution in [0.1, 0.15) is 40.0 Å². The number of rotatable bonds is 4. The third-order valence-corrected chi connectivity index (χ3v) is 3.32. The minimum absolute atomic E-state index is 0.171. The van der Waals surface area contributed by atoms with E-state index in [1.807, 2.05) is 20.8 Å². The highest BCUT2D eigenvalue weighted by atomic mass is 16.6. The second kappa shape index (κ2) is 6.77. The number of hydrogen-bond donors (Lipinski definition) is 0. The van der Waals surface area contributed by atoms with Gasteiger partial charge in [-0.05, 0) is 40.0 Å². The number of hydrogen-bond acceptors (Lipinski definition) is 4. The summed E-state index contributed by atoms with van der Waals surface area (Å²) in [6.07, 6.45) is 3.48. The number of likely N-dealkylation sites (tertiary alicyclic amines) is 1. The van der Waals surface area contributed by atoms with Crippen molar-refractivity contribution in [3.63, 3.8) is 0 Å². The highest BCUT2D eigenvalue weighted by Gasteiger charge is 2.39. The average Bonchev–Trinajstić information content (AvgIpc) is 2.81. The Morgan fingerprint density at radius 2 is 2.10 bits per heavy atom. The van der Waals surface area contributed by atoms with Gasteiger partial charge in [0.15, 0.2) is 0 Å². The van der Waals surface area contributed by atoms with Gasteiger partial charge in [0.2, 0.25) is 0 Å². The van der Waals surface area contributed by atoms with E-state index in [1.165, 1.54) is 7.11 Å². The van der Waals surface area contributed by atoms with E-state index >= 15 is 0 Å². The fourth-order valence-electron chi connectivity index (χ4n) is 2.50. The molecule has 0 aromatic carbocycles. The summed E-state index contributed by atoms with van der Waals surface area (Å²) in [6.45, 7) is 9.78. The van der Waals surface area contributed by atoms with E-state index in [-0.39, 0.29) is 24.0 Å². The first-order valence-corrected chi connectivity index (χ1v) is 6.98. The summed E-state index contributed by atoms with van der Waals surface area (Å²) >= 11 is 0. The molecule has 0 radical (unpaired) electrons. The van der Waals surface area contributed by atoms with Crippen molar-refractivity contribution in [3.8, 4) is 0 Å². The zero-order valence-corrected chi connectivity index (χ0v) is 12.8. The maximum Gasteiger partial charge on any atom is 0.410 e. The Kier molecular flexibility index (Phi) is 5.60. The van der Waals surface area contributed by atoms with Crippen molar-refractivity contribution in [2.24, 2.45) is 5.92 Å². The smallest absolute Gasteiger partial charge is 0.410 e. The van der Waals surface area contributed by atoms with Gasteiger partial charge in [-0.25, -0.2) is 4.79 Å². The first-order chi connectivity index (χ1) is 9.30. The van der Waals surface area contributed by atoms with Gasteiger partial charge in [0.1, 0.15) is 5.60 Å². The molecule has 5 nitrogen and oxygen atoms in total. The highest BCUT2D eigenvalue weighted by molar-refractivity contribution is 5.75. The number of allylic oxidation sites excluding steroid dienone is 1. The molecule has 1 aliphatic heterocycles. The number of ether oxygens (including phenoxy) is 2. The standard InChI is InChI=1S/C15H25NO4/c1-6-8-11(13(17)19-5)12-9-7-10-16(12)14(18)20-15(2,3)4/h6,11-12H,1,7-10H2,2-5H3/t11-,12+/m1/s1. The van der Waals surface area contributed by atoms with Crippen LogP contribution < -0.4 is 0 Å². The van der Waals surface area contributed by atoms with Gasteiger partial charge in [0, 0.05) is 12.6 Å². The lowest BCUT2D eigenvalue weighted by molar-refractivity contribution is -0.147. The lowest BCUT2D eigenvalue weighted by atomic mass is 9.94. The second-order valence-electron chi connectivity index (χ2n) is 6.04. The van der Waals surface area contributed by atoms with Crippen LogP contribution in [-0.4, -0.2) is 42.3 Å². The Morgan fingerprint density at radius 1 is 1.45 bits per heavy atom. The summed E-state index contributed by atoms with van der Waals surface area (Å²) in [5, 5.41) is 0. The first kappa shape index (κ1) is 16.5. The normalized spacial score (nSPS) is 20.4. The van der Waals surface area contributed by atoms with Gasteiger partial charge < -0.3 is 14.4 Å². The fourth-order valence-corrected chi connectivity index (χ4v) is 2.50. The summed E-state index contributed by atoms with van der Waals surface area (Å²) in [5.41, 5.74) is -0.538. The first-order valence-electron chi connectivity index (χ1n) is 6.98. The predicted octanol–water partition coefficient (Wildman–Crippen LogP) is 2.75. The SMILES string of the molecule is C=CC[C@@H](C(=O)OC)[C@@H]1CCCN1C(=O)OC(C)(C)C. The lowest BCUT2D eigenvalue weighted by Crippen LogP contribution is -2.45. The minimum atomic E-state index is -0.538. The maximum absolute atomic E-state index is 12.2. The van der Waals surface area contributed by atoms with Crippen molar-refractivity contribution in [1.29, 1.82) is 0 Å². The molecule has 0 aromatic rings. The zero-order chi connectivity index (χ0) is 15.3. The Bertz CT molecular complexity index is 373. The van der Waals surface area contributed by atoms with Gasteiger partial charge in [-0.3, -0.25) is 4.79 Å². The van der Waals surface area contributed by atoms with E-state index in [2.05, 4.69) is 6.58 Å². The van der Waals surface area contributed by atoms with Crippen molar-refractivity contribution in [2.75, 3.05) is 13.7 Å².